The number of hydrogen-bond donors (Lipinski definition) is 4. The van der Waals surface area contributed by atoms with Crippen molar-refractivity contribution in [3.05, 3.63) is 0 Å². The minimum Gasteiger partial charge on any atom is -0.480 e. The van der Waals surface area contributed by atoms with Crippen LogP contribution in [0.15, 0.2) is 0 Å². The zero-order valence-electron chi connectivity index (χ0n) is 11.9. The van der Waals surface area contributed by atoms with Gasteiger partial charge in [-0.3, -0.25) is 20.2 Å². The summed E-state index contributed by atoms with van der Waals surface area (Å²) in [5.41, 5.74) is -1.13. The largest absolute Gasteiger partial charge is 0.480 e. The van der Waals surface area contributed by atoms with Crippen LogP contribution in [-0.4, -0.2) is 41.1 Å². The number of imide groups is 1. The van der Waals surface area contributed by atoms with E-state index in [0.29, 0.717) is 12.8 Å². The van der Waals surface area contributed by atoms with Crippen LogP contribution < -0.4 is 16.0 Å². The molecule has 0 atom stereocenters. The van der Waals surface area contributed by atoms with E-state index >= 15 is 0 Å². The topological polar surface area (TPSA) is 108 Å². The van der Waals surface area contributed by atoms with Gasteiger partial charge in [0.2, 0.25) is 5.91 Å². The first kappa shape index (κ1) is 17.4. The van der Waals surface area contributed by atoms with Crippen molar-refractivity contribution in [1.82, 2.24) is 16.0 Å². The predicted molar refractivity (Wildman–Crippen MR) is 70.8 cm³/mol. The average molecular weight is 273 g/mol. The van der Waals surface area contributed by atoms with Crippen LogP contribution in [0.1, 0.15) is 40.5 Å². The Kier molecular flexibility index (Phi) is 7.06. The highest BCUT2D eigenvalue weighted by atomic mass is 16.4. The Hall–Kier alpha value is -1.63. The molecule has 19 heavy (non-hydrogen) atoms. The molecule has 3 amide bonds. The molecule has 110 valence electrons. The van der Waals surface area contributed by atoms with E-state index in [1.807, 2.05) is 0 Å². The number of aliphatic carboxylic acids is 1. The maximum Gasteiger partial charge on any atom is 0.323 e. The molecule has 7 nitrogen and oxygen atoms in total. The van der Waals surface area contributed by atoms with Gasteiger partial charge in [-0.1, -0.05) is 13.8 Å². The molecular weight excluding hydrogens is 250 g/mol. The highest BCUT2D eigenvalue weighted by Crippen LogP contribution is 2.14. The van der Waals surface area contributed by atoms with Crippen LogP contribution in [0.25, 0.3) is 0 Å². The molecule has 0 bridgehead atoms. The van der Waals surface area contributed by atoms with Gasteiger partial charge in [-0.25, -0.2) is 4.79 Å². The molecule has 0 unspecified atom stereocenters. The van der Waals surface area contributed by atoms with E-state index in [0.717, 1.165) is 0 Å². The van der Waals surface area contributed by atoms with Gasteiger partial charge in [-0.15, -0.1) is 0 Å². The lowest BCUT2D eigenvalue weighted by Crippen LogP contribution is -2.55. The van der Waals surface area contributed by atoms with E-state index in [2.05, 4.69) is 16.0 Å². The van der Waals surface area contributed by atoms with Crippen LogP contribution in [-0.2, 0) is 9.59 Å². The molecule has 0 aliphatic rings. The van der Waals surface area contributed by atoms with Crippen molar-refractivity contribution in [1.29, 1.82) is 0 Å². The predicted octanol–water partition coefficient (Wildman–Crippen LogP) is 0.454. The number of amides is 3. The smallest absolute Gasteiger partial charge is 0.323 e. The van der Waals surface area contributed by atoms with Gasteiger partial charge in [-0.05, 0) is 26.7 Å². The third-order valence-electron chi connectivity index (χ3n) is 2.88. The van der Waals surface area contributed by atoms with Gasteiger partial charge >= 0.3 is 12.0 Å². The Labute approximate surface area is 113 Å². The maximum atomic E-state index is 11.5. The van der Waals surface area contributed by atoms with Crippen LogP contribution in [0.5, 0.6) is 0 Å². The normalized spacial score (nSPS) is 11.2. The van der Waals surface area contributed by atoms with E-state index in [1.165, 1.54) is 0 Å². The van der Waals surface area contributed by atoms with Crippen molar-refractivity contribution in [2.24, 2.45) is 0 Å². The van der Waals surface area contributed by atoms with E-state index < -0.39 is 23.4 Å². The molecule has 0 radical (unpaired) electrons. The molecule has 0 aromatic carbocycles. The van der Waals surface area contributed by atoms with Crippen molar-refractivity contribution >= 4 is 17.9 Å². The summed E-state index contributed by atoms with van der Waals surface area (Å²) < 4.78 is 0. The van der Waals surface area contributed by atoms with E-state index in [1.54, 1.807) is 27.7 Å². The molecule has 0 rings (SSSR count). The summed E-state index contributed by atoms with van der Waals surface area (Å²) >= 11 is 0. The van der Waals surface area contributed by atoms with E-state index in [9.17, 15) is 14.4 Å². The number of carbonyl (C=O) groups excluding carboxylic acids is 2. The van der Waals surface area contributed by atoms with Crippen LogP contribution in [0.3, 0.4) is 0 Å². The van der Waals surface area contributed by atoms with Crippen LogP contribution in [0.2, 0.25) is 0 Å². The van der Waals surface area contributed by atoms with Gasteiger partial charge in [0, 0.05) is 6.04 Å². The Morgan fingerprint density at radius 1 is 1.16 bits per heavy atom. The van der Waals surface area contributed by atoms with E-state index in [-0.39, 0.29) is 12.6 Å². The third kappa shape index (κ3) is 5.69. The molecule has 0 saturated heterocycles. The monoisotopic (exact) mass is 273 g/mol. The number of nitrogens with one attached hydrogen (secondary N) is 3. The highest BCUT2D eigenvalue weighted by molar-refractivity contribution is 5.95. The van der Waals surface area contributed by atoms with Gasteiger partial charge in [0.05, 0.1) is 6.54 Å². The minimum atomic E-state index is -1.13. The molecule has 0 heterocycles. The summed E-state index contributed by atoms with van der Waals surface area (Å²) in [6.45, 7) is 6.78. The first-order valence-corrected chi connectivity index (χ1v) is 6.36. The number of carboxylic acid groups (broad SMARTS) is 1. The second kappa shape index (κ2) is 7.73. The van der Waals surface area contributed by atoms with Crippen molar-refractivity contribution in [3.63, 3.8) is 0 Å². The molecule has 0 aromatic rings. The van der Waals surface area contributed by atoms with Gasteiger partial charge in [0.1, 0.15) is 5.54 Å². The summed E-state index contributed by atoms with van der Waals surface area (Å²) in [5.74, 6) is -1.57. The quantitative estimate of drug-likeness (QED) is 0.539. The molecular formula is C12H23N3O4. The standard InChI is InChI=1S/C12H23N3O4/c1-5-12(6-2,10(17)18)13-7-9(16)15-11(19)14-8(3)4/h8,13H,5-7H2,1-4H3,(H,17,18)(H2,14,15,16,19). The fourth-order valence-corrected chi connectivity index (χ4v) is 1.60. The van der Waals surface area contributed by atoms with Crippen LogP contribution in [0.4, 0.5) is 4.79 Å². The summed E-state index contributed by atoms with van der Waals surface area (Å²) in [4.78, 5) is 34.0. The Bertz CT molecular complexity index is 338. The lowest BCUT2D eigenvalue weighted by atomic mass is 9.93. The molecule has 7 heteroatoms. The summed E-state index contributed by atoms with van der Waals surface area (Å²) in [6, 6.07) is -0.666. The first-order chi connectivity index (χ1) is 8.77. The van der Waals surface area contributed by atoms with E-state index in [4.69, 9.17) is 5.11 Å². The maximum absolute atomic E-state index is 11.5. The molecule has 0 fully saturated rings. The SMILES string of the molecule is CCC(CC)(NCC(=O)NC(=O)NC(C)C)C(=O)O. The second-order valence-electron chi connectivity index (χ2n) is 4.62. The third-order valence-corrected chi connectivity index (χ3v) is 2.88. The molecule has 4 N–H and O–H groups in total. The second-order valence-corrected chi connectivity index (χ2v) is 4.62. The number of carbonyl (C=O) groups is 3. The zero-order valence-corrected chi connectivity index (χ0v) is 11.9. The van der Waals surface area contributed by atoms with Gasteiger partial charge in [0.15, 0.2) is 0 Å². The zero-order chi connectivity index (χ0) is 15.1. The van der Waals surface area contributed by atoms with Gasteiger partial charge in [0.25, 0.3) is 0 Å². The Morgan fingerprint density at radius 2 is 1.68 bits per heavy atom. The Morgan fingerprint density at radius 3 is 2.05 bits per heavy atom. The molecule has 0 aromatic heterocycles. The van der Waals surface area contributed by atoms with Crippen molar-refractivity contribution in [3.8, 4) is 0 Å². The fraction of sp³-hybridized carbons (Fsp3) is 0.750. The number of hydrogen-bond acceptors (Lipinski definition) is 4. The van der Waals surface area contributed by atoms with Crippen molar-refractivity contribution in [2.75, 3.05) is 6.54 Å². The summed E-state index contributed by atoms with van der Waals surface area (Å²) in [7, 11) is 0. The van der Waals surface area contributed by atoms with Crippen LogP contribution in [0, 0.1) is 0 Å². The minimum absolute atomic E-state index is 0.0786. The van der Waals surface area contributed by atoms with Gasteiger partial charge in [-0.2, -0.15) is 0 Å². The lowest BCUT2D eigenvalue weighted by Gasteiger charge is -2.27. The fourth-order valence-electron chi connectivity index (χ4n) is 1.60. The number of rotatable bonds is 7. The van der Waals surface area contributed by atoms with Crippen LogP contribution >= 0.6 is 0 Å². The Balaban J connectivity index is 4.35. The lowest BCUT2D eigenvalue weighted by molar-refractivity contribution is -0.145. The van der Waals surface area contributed by atoms with Crippen molar-refractivity contribution < 1.29 is 19.5 Å². The number of carboxylic acids is 1. The average Bonchev–Trinajstić information content (AvgIpc) is 2.29. The highest BCUT2D eigenvalue weighted by Gasteiger charge is 2.34. The van der Waals surface area contributed by atoms with Gasteiger partial charge < -0.3 is 10.4 Å². The van der Waals surface area contributed by atoms with Crippen molar-refractivity contribution in [2.45, 2.75) is 52.1 Å². The molecule has 0 saturated carbocycles. The molecule has 0 spiro atoms. The summed E-state index contributed by atoms with van der Waals surface area (Å²) in [6.07, 6.45) is 0.703. The first-order valence-electron chi connectivity index (χ1n) is 6.36. The summed E-state index contributed by atoms with van der Waals surface area (Å²) in [5, 5.41) is 16.5. The molecule has 0 aliphatic heterocycles. The number of urea groups is 1. The molecule has 0 aliphatic carbocycles.